The first-order valence-corrected chi connectivity index (χ1v) is 24.1. The van der Waals surface area contributed by atoms with Crippen LogP contribution in [0.15, 0.2) is 158 Å². The Bertz CT molecular complexity index is 1510. The molecule has 0 heterocycles. The fraction of sp³-hybridized carbons (Fsp3) is 0.491. The molecule has 348 valence electrons. The summed E-state index contributed by atoms with van der Waals surface area (Å²) in [5, 5.41) is 0. The molecule has 1 atom stereocenters. The summed E-state index contributed by atoms with van der Waals surface area (Å²) in [7, 11) is 0. The van der Waals surface area contributed by atoms with Gasteiger partial charge >= 0.3 is 17.9 Å². The Labute approximate surface area is 384 Å². The van der Waals surface area contributed by atoms with E-state index in [-0.39, 0.29) is 44.0 Å². The van der Waals surface area contributed by atoms with Crippen molar-refractivity contribution in [2.75, 3.05) is 13.2 Å². The van der Waals surface area contributed by atoms with Gasteiger partial charge in [-0.15, -0.1) is 0 Å². The second-order valence-electron chi connectivity index (χ2n) is 15.1. The molecule has 0 spiro atoms. The van der Waals surface area contributed by atoms with Gasteiger partial charge in [-0.1, -0.05) is 204 Å². The third kappa shape index (κ3) is 47.9. The van der Waals surface area contributed by atoms with Crippen molar-refractivity contribution >= 4 is 17.9 Å². The van der Waals surface area contributed by atoms with Crippen LogP contribution in [0.25, 0.3) is 0 Å². The van der Waals surface area contributed by atoms with Gasteiger partial charge in [0.15, 0.2) is 6.10 Å². The predicted molar refractivity (Wildman–Crippen MR) is 269 cm³/mol. The summed E-state index contributed by atoms with van der Waals surface area (Å²) in [5.41, 5.74) is 0. The molecule has 0 aromatic rings. The van der Waals surface area contributed by atoms with Gasteiger partial charge < -0.3 is 14.2 Å². The summed E-state index contributed by atoms with van der Waals surface area (Å²) < 4.78 is 16.6. The van der Waals surface area contributed by atoms with Gasteiger partial charge in [0.25, 0.3) is 0 Å². The Morgan fingerprint density at radius 3 is 1.14 bits per heavy atom. The lowest BCUT2D eigenvalue weighted by Crippen LogP contribution is -2.30. The molecule has 1 unspecified atom stereocenters. The molecule has 0 bridgehead atoms. The topological polar surface area (TPSA) is 78.9 Å². The number of allylic oxidation sites excluding steroid dienone is 26. The summed E-state index contributed by atoms with van der Waals surface area (Å²) in [6.07, 6.45) is 72.3. The number of esters is 3. The fourth-order valence-electron chi connectivity index (χ4n) is 5.67. The van der Waals surface area contributed by atoms with Crippen molar-refractivity contribution in [1.29, 1.82) is 0 Å². The molecule has 0 N–H and O–H groups in total. The Morgan fingerprint density at radius 2 is 0.667 bits per heavy atom. The number of rotatable bonds is 40. The van der Waals surface area contributed by atoms with Crippen molar-refractivity contribution in [3.8, 4) is 0 Å². The smallest absolute Gasteiger partial charge is 0.306 e. The molecule has 6 nitrogen and oxygen atoms in total. The molecule has 0 aliphatic rings. The zero-order valence-corrected chi connectivity index (χ0v) is 39.5. The van der Waals surface area contributed by atoms with Gasteiger partial charge in [0, 0.05) is 19.3 Å². The summed E-state index contributed by atoms with van der Waals surface area (Å²) in [6, 6.07) is 0. The lowest BCUT2D eigenvalue weighted by atomic mass is 10.1. The summed E-state index contributed by atoms with van der Waals surface area (Å²) >= 11 is 0. The molecule has 0 aliphatic heterocycles. The van der Waals surface area contributed by atoms with E-state index in [1.807, 2.05) is 54.7 Å². The number of ether oxygens (including phenoxy) is 3. The van der Waals surface area contributed by atoms with Crippen molar-refractivity contribution in [2.24, 2.45) is 0 Å². The number of unbranched alkanes of at least 4 members (excludes halogenated alkanes) is 9. The molecular weight excluding hydrogens is 781 g/mol. The molecule has 0 saturated heterocycles. The van der Waals surface area contributed by atoms with Gasteiger partial charge in [-0.2, -0.15) is 0 Å². The van der Waals surface area contributed by atoms with Gasteiger partial charge in [0.1, 0.15) is 13.2 Å². The lowest BCUT2D eigenvalue weighted by Gasteiger charge is -2.18. The molecule has 0 amide bonds. The molecule has 0 radical (unpaired) electrons. The summed E-state index contributed by atoms with van der Waals surface area (Å²) in [5.74, 6) is -1.07. The van der Waals surface area contributed by atoms with Crippen molar-refractivity contribution < 1.29 is 28.6 Å². The minimum Gasteiger partial charge on any atom is -0.462 e. The van der Waals surface area contributed by atoms with Crippen molar-refractivity contribution in [2.45, 2.75) is 168 Å². The van der Waals surface area contributed by atoms with E-state index in [0.29, 0.717) is 19.3 Å². The Balaban J connectivity index is 4.64. The minimum atomic E-state index is -0.839. The maximum absolute atomic E-state index is 12.8. The van der Waals surface area contributed by atoms with Crippen LogP contribution in [0.4, 0.5) is 0 Å². The van der Waals surface area contributed by atoms with E-state index in [1.54, 1.807) is 0 Å². The Hall–Kier alpha value is -4.97. The number of carbonyl (C=O) groups excluding carboxylic acids is 3. The molecule has 0 fully saturated rings. The molecule has 0 aliphatic carbocycles. The van der Waals surface area contributed by atoms with Crippen LogP contribution < -0.4 is 0 Å². The van der Waals surface area contributed by atoms with E-state index in [4.69, 9.17) is 14.2 Å². The van der Waals surface area contributed by atoms with Crippen LogP contribution in [-0.4, -0.2) is 37.2 Å². The van der Waals surface area contributed by atoms with Gasteiger partial charge in [-0.25, -0.2) is 0 Å². The Morgan fingerprint density at radius 1 is 0.333 bits per heavy atom. The molecule has 0 aromatic heterocycles. The van der Waals surface area contributed by atoms with E-state index < -0.39 is 6.10 Å². The van der Waals surface area contributed by atoms with E-state index in [9.17, 15) is 14.4 Å². The van der Waals surface area contributed by atoms with E-state index in [0.717, 1.165) is 109 Å². The molecule has 0 saturated carbocycles. The lowest BCUT2D eigenvalue weighted by molar-refractivity contribution is -0.167. The zero-order valence-electron chi connectivity index (χ0n) is 39.5. The van der Waals surface area contributed by atoms with Gasteiger partial charge in [-0.05, 0) is 96.3 Å². The van der Waals surface area contributed by atoms with Crippen LogP contribution in [0, 0.1) is 0 Å². The molecule has 6 heteroatoms. The average molecular weight is 865 g/mol. The molecular formula is C57H84O6. The highest BCUT2D eigenvalue weighted by molar-refractivity contribution is 5.71. The molecule has 0 rings (SSSR count). The second-order valence-corrected chi connectivity index (χ2v) is 15.1. The third-order valence-corrected chi connectivity index (χ3v) is 9.20. The second kappa shape index (κ2) is 49.7. The predicted octanol–water partition coefficient (Wildman–Crippen LogP) is 15.9. The SMILES string of the molecule is CC/C=C/C=C/C=C/C=C/C=C/CCCCCC(=O)OC(COC(=O)CCC/C=C/C/C=C/C/C=C/C/C=C/C/C=C/CC)COC(=O)CCCCCCC/C=C/C=C/C=C/CC. The summed E-state index contributed by atoms with van der Waals surface area (Å²) in [4.78, 5) is 37.9. The van der Waals surface area contributed by atoms with Crippen LogP contribution in [0.2, 0.25) is 0 Å². The normalized spacial score (nSPS) is 13.5. The van der Waals surface area contributed by atoms with Gasteiger partial charge in [0.05, 0.1) is 0 Å². The van der Waals surface area contributed by atoms with Gasteiger partial charge in [-0.3, -0.25) is 14.4 Å². The zero-order chi connectivity index (χ0) is 45.8. The molecule has 63 heavy (non-hydrogen) atoms. The highest BCUT2D eigenvalue weighted by Crippen LogP contribution is 2.11. The van der Waals surface area contributed by atoms with Crippen LogP contribution in [0.3, 0.4) is 0 Å². The quantitative estimate of drug-likeness (QED) is 0.0201. The molecule has 0 aromatic carbocycles. The van der Waals surface area contributed by atoms with Gasteiger partial charge in [0.2, 0.25) is 0 Å². The van der Waals surface area contributed by atoms with Crippen molar-refractivity contribution in [1.82, 2.24) is 0 Å². The van der Waals surface area contributed by atoms with Crippen LogP contribution in [0.1, 0.15) is 162 Å². The van der Waals surface area contributed by atoms with E-state index >= 15 is 0 Å². The van der Waals surface area contributed by atoms with E-state index in [2.05, 4.69) is 124 Å². The minimum absolute atomic E-state index is 0.132. The Kier molecular flexibility index (Phi) is 45.8. The average Bonchev–Trinajstić information content (AvgIpc) is 3.28. The van der Waals surface area contributed by atoms with E-state index in [1.165, 1.54) is 0 Å². The van der Waals surface area contributed by atoms with Crippen LogP contribution in [-0.2, 0) is 28.6 Å². The fourth-order valence-corrected chi connectivity index (χ4v) is 5.67. The largest absolute Gasteiger partial charge is 0.462 e. The highest BCUT2D eigenvalue weighted by Gasteiger charge is 2.19. The first-order valence-electron chi connectivity index (χ1n) is 24.1. The maximum Gasteiger partial charge on any atom is 0.306 e. The van der Waals surface area contributed by atoms with Crippen LogP contribution >= 0.6 is 0 Å². The monoisotopic (exact) mass is 865 g/mol. The first-order chi connectivity index (χ1) is 31.0. The standard InChI is InChI=1S/C57H84O6/c1-4-7-10-13-16-19-22-25-27-28-30-32-35-38-41-44-47-50-56(59)62-53-54(52-61-55(58)49-46-43-40-37-34-31-24-21-18-15-12-9-6-3)63-57(60)51-48-45-42-39-36-33-29-26-23-20-17-14-11-8-5-2/h7-12,14-21,23-27,29-30,32-33,36,38,41,54H,4-6,13,22,28,31,34-35,37,39-40,42-53H2,1-3H3/b10-7+,11-8+,12-9+,17-14+,18-15+,19-16+,23-20+,24-21+,27-25+,29-26+,32-30+,36-33+,41-38+. The van der Waals surface area contributed by atoms with Crippen LogP contribution in [0.5, 0.6) is 0 Å². The number of carbonyl (C=O) groups is 3. The highest BCUT2D eigenvalue weighted by atomic mass is 16.6. The maximum atomic E-state index is 12.8. The number of hydrogen-bond donors (Lipinski definition) is 0. The van der Waals surface area contributed by atoms with Crippen molar-refractivity contribution in [3.63, 3.8) is 0 Å². The number of hydrogen-bond acceptors (Lipinski definition) is 6. The first kappa shape index (κ1) is 58.0. The van der Waals surface area contributed by atoms with Crippen molar-refractivity contribution in [3.05, 3.63) is 158 Å². The third-order valence-electron chi connectivity index (χ3n) is 9.20. The summed E-state index contributed by atoms with van der Waals surface area (Å²) in [6.45, 7) is 6.10.